The minimum atomic E-state index is -0.291. The van der Waals surface area contributed by atoms with E-state index in [1.165, 1.54) is 4.68 Å². The van der Waals surface area contributed by atoms with Crippen molar-refractivity contribution in [2.45, 2.75) is 46.4 Å². The number of hydrogen-bond acceptors (Lipinski definition) is 7. The summed E-state index contributed by atoms with van der Waals surface area (Å²) in [4.78, 5) is 19.4. The summed E-state index contributed by atoms with van der Waals surface area (Å²) in [6, 6.07) is 8.91. The number of aromatic nitrogens is 5. The van der Waals surface area contributed by atoms with Gasteiger partial charge in [-0.3, -0.25) is 9.69 Å². The second-order valence-corrected chi connectivity index (χ2v) is 7.69. The molecular formula is C21H24N6O3. The van der Waals surface area contributed by atoms with Crippen LogP contribution in [-0.2, 0) is 6.54 Å². The van der Waals surface area contributed by atoms with Gasteiger partial charge in [-0.2, -0.15) is 0 Å². The van der Waals surface area contributed by atoms with E-state index in [9.17, 15) is 9.90 Å². The van der Waals surface area contributed by atoms with Crippen LogP contribution in [-0.4, -0.2) is 48.9 Å². The Morgan fingerprint density at radius 2 is 2.03 bits per heavy atom. The SMILES string of the molecule is Cc1cc2c(cc1OC(C)C)C(=O)N(c1cccc(-c3nnnn3[C@H](C)CO)n1)C2. The third-order valence-corrected chi connectivity index (χ3v) is 4.98. The Labute approximate surface area is 174 Å². The Bertz CT molecular complexity index is 1090. The van der Waals surface area contributed by atoms with Gasteiger partial charge in [-0.15, -0.1) is 5.10 Å². The van der Waals surface area contributed by atoms with Gasteiger partial charge < -0.3 is 9.84 Å². The van der Waals surface area contributed by atoms with Gasteiger partial charge in [0.05, 0.1) is 25.3 Å². The average Bonchev–Trinajstić information content (AvgIpc) is 3.33. The number of hydrogen-bond donors (Lipinski definition) is 1. The number of carbonyl (C=O) groups is 1. The van der Waals surface area contributed by atoms with Crippen molar-refractivity contribution in [1.82, 2.24) is 25.2 Å². The molecule has 1 amide bonds. The van der Waals surface area contributed by atoms with Crippen molar-refractivity contribution in [3.8, 4) is 17.3 Å². The van der Waals surface area contributed by atoms with Crippen LogP contribution in [0.1, 0.15) is 48.3 Å². The molecule has 0 saturated carbocycles. The first-order valence-corrected chi connectivity index (χ1v) is 9.87. The topological polar surface area (TPSA) is 106 Å². The van der Waals surface area contributed by atoms with Gasteiger partial charge in [0.25, 0.3) is 5.91 Å². The Hall–Kier alpha value is -3.33. The third-order valence-electron chi connectivity index (χ3n) is 4.98. The molecule has 1 aliphatic heterocycles. The number of aryl methyl sites for hydroxylation is 1. The van der Waals surface area contributed by atoms with E-state index in [0.29, 0.717) is 29.4 Å². The number of ether oxygens (including phenoxy) is 1. The van der Waals surface area contributed by atoms with Crippen LogP contribution in [0.25, 0.3) is 11.5 Å². The molecular weight excluding hydrogens is 384 g/mol. The highest BCUT2D eigenvalue weighted by molar-refractivity contribution is 6.10. The molecule has 0 fully saturated rings. The number of aliphatic hydroxyl groups is 1. The van der Waals surface area contributed by atoms with Gasteiger partial charge >= 0.3 is 0 Å². The van der Waals surface area contributed by atoms with Crippen LogP contribution in [0.4, 0.5) is 5.82 Å². The zero-order valence-corrected chi connectivity index (χ0v) is 17.4. The molecule has 30 heavy (non-hydrogen) atoms. The van der Waals surface area contributed by atoms with Crippen molar-refractivity contribution >= 4 is 11.7 Å². The lowest BCUT2D eigenvalue weighted by Crippen LogP contribution is -2.24. The fraction of sp³-hybridized carbons (Fsp3) is 0.381. The van der Waals surface area contributed by atoms with Crippen molar-refractivity contribution in [3.05, 3.63) is 47.0 Å². The fourth-order valence-corrected chi connectivity index (χ4v) is 3.47. The minimum absolute atomic E-state index is 0.0278. The molecule has 3 heterocycles. The van der Waals surface area contributed by atoms with Crippen molar-refractivity contribution < 1.29 is 14.6 Å². The second-order valence-electron chi connectivity index (χ2n) is 7.69. The van der Waals surface area contributed by atoms with E-state index < -0.39 is 0 Å². The second kappa shape index (κ2) is 7.83. The average molecular weight is 408 g/mol. The smallest absolute Gasteiger partial charge is 0.260 e. The van der Waals surface area contributed by atoms with Crippen LogP contribution in [0.3, 0.4) is 0 Å². The maximum Gasteiger partial charge on any atom is 0.260 e. The normalized spacial score (nSPS) is 14.3. The first kappa shape index (κ1) is 20.0. The molecule has 1 aromatic carbocycles. The predicted molar refractivity (Wildman–Crippen MR) is 110 cm³/mol. The predicted octanol–water partition coefficient (Wildman–Crippen LogP) is 2.54. The zero-order valence-electron chi connectivity index (χ0n) is 17.4. The highest BCUT2D eigenvalue weighted by Crippen LogP contribution is 2.33. The molecule has 9 nitrogen and oxygen atoms in total. The van der Waals surface area contributed by atoms with Gasteiger partial charge in [0.2, 0.25) is 5.82 Å². The molecule has 1 N–H and O–H groups in total. The van der Waals surface area contributed by atoms with Crippen LogP contribution in [0.15, 0.2) is 30.3 Å². The molecule has 0 bridgehead atoms. The van der Waals surface area contributed by atoms with E-state index >= 15 is 0 Å². The molecule has 3 aromatic rings. The van der Waals surface area contributed by atoms with Crippen molar-refractivity contribution in [2.75, 3.05) is 11.5 Å². The summed E-state index contributed by atoms with van der Waals surface area (Å²) in [6.07, 6.45) is 0.0278. The van der Waals surface area contributed by atoms with Gasteiger partial charge in [0.1, 0.15) is 17.3 Å². The van der Waals surface area contributed by atoms with Crippen molar-refractivity contribution in [2.24, 2.45) is 0 Å². The first-order chi connectivity index (χ1) is 14.4. The molecule has 0 saturated heterocycles. The Morgan fingerprint density at radius 1 is 1.23 bits per heavy atom. The van der Waals surface area contributed by atoms with Crippen molar-refractivity contribution in [1.29, 1.82) is 0 Å². The number of fused-ring (bicyclic) bond motifs is 1. The van der Waals surface area contributed by atoms with Crippen LogP contribution in [0.2, 0.25) is 0 Å². The Kier molecular flexibility index (Phi) is 5.21. The van der Waals surface area contributed by atoms with E-state index in [2.05, 4.69) is 20.5 Å². The van der Waals surface area contributed by atoms with Crippen LogP contribution in [0, 0.1) is 6.92 Å². The number of benzene rings is 1. The quantitative estimate of drug-likeness (QED) is 0.668. The van der Waals surface area contributed by atoms with Crippen LogP contribution >= 0.6 is 0 Å². The number of carbonyl (C=O) groups excluding carboxylic acids is 1. The molecule has 0 unspecified atom stereocenters. The molecule has 0 radical (unpaired) electrons. The molecule has 2 aromatic heterocycles. The lowest BCUT2D eigenvalue weighted by molar-refractivity contribution is 0.0995. The molecule has 1 aliphatic rings. The number of nitrogens with zero attached hydrogens (tertiary/aromatic N) is 6. The third kappa shape index (κ3) is 3.52. The number of tetrazole rings is 1. The monoisotopic (exact) mass is 408 g/mol. The highest BCUT2D eigenvalue weighted by Gasteiger charge is 2.31. The Balaban J connectivity index is 1.67. The molecule has 1 atom stereocenters. The standard InChI is InChI=1S/C21H24N6O3/c1-12(2)30-18-9-16-15(8-13(18)3)10-26(21(16)29)19-7-5-6-17(22-19)20-23-24-25-27(20)14(4)11-28/h5-9,12,14,28H,10-11H2,1-4H3/t14-/m1/s1. The molecule has 0 spiro atoms. The lowest BCUT2D eigenvalue weighted by Gasteiger charge is -2.16. The number of rotatable bonds is 6. The summed E-state index contributed by atoms with van der Waals surface area (Å²) >= 11 is 0. The maximum absolute atomic E-state index is 13.1. The summed E-state index contributed by atoms with van der Waals surface area (Å²) < 4.78 is 7.36. The first-order valence-electron chi connectivity index (χ1n) is 9.87. The summed E-state index contributed by atoms with van der Waals surface area (Å²) in [5, 5.41) is 21.1. The lowest BCUT2D eigenvalue weighted by atomic mass is 10.1. The fourth-order valence-electron chi connectivity index (χ4n) is 3.47. The number of anilines is 1. The van der Waals surface area contributed by atoms with Crippen LogP contribution < -0.4 is 9.64 Å². The molecule has 4 rings (SSSR count). The van der Waals surface area contributed by atoms with Gasteiger partial charge in [-0.25, -0.2) is 9.67 Å². The van der Waals surface area contributed by atoms with E-state index in [1.54, 1.807) is 17.0 Å². The van der Waals surface area contributed by atoms with E-state index in [4.69, 9.17) is 4.74 Å². The minimum Gasteiger partial charge on any atom is -0.491 e. The summed E-state index contributed by atoms with van der Waals surface area (Å²) in [5.74, 6) is 1.55. The number of amides is 1. The highest BCUT2D eigenvalue weighted by atomic mass is 16.5. The summed E-state index contributed by atoms with van der Waals surface area (Å²) in [7, 11) is 0. The molecule has 0 aliphatic carbocycles. The number of pyridine rings is 1. The van der Waals surface area contributed by atoms with Gasteiger partial charge in [0.15, 0.2) is 0 Å². The van der Waals surface area contributed by atoms with E-state index in [1.807, 2.05) is 45.9 Å². The summed E-state index contributed by atoms with van der Waals surface area (Å²) in [6.45, 7) is 8.04. The van der Waals surface area contributed by atoms with E-state index in [-0.39, 0.29) is 24.7 Å². The largest absolute Gasteiger partial charge is 0.491 e. The van der Waals surface area contributed by atoms with Crippen LogP contribution in [0.5, 0.6) is 5.75 Å². The summed E-state index contributed by atoms with van der Waals surface area (Å²) in [5.41, 5.74) is 3.10. The van der Waals surface area contributed by atoms with Gasteiger partial charge in [-0.05, 0) is 73.5 Å². The molecule has 156 valence electrons. The number of aliphatic hydroxyl groups excluding tert-OH is 1. The van der Waals surface area contributed by atoms with Gasteiger partial charge in [-0.1, -0.05) is 6.07 Å². The van der Waals surface area contributed by atoms with E-state index in [0.717, 1.165) is 16.9 Å². The van der Waals surface area contributed by atoms with Gasteiger partial charge in [0, 0.05) is 5.56 Å². The molecule has 9 heteroatoms. The Morgan fingerprint density at radius 3 is 2.77 bits per heavy atom. The zero-order chi connectivity index (χ0) is 21.4. The maximum atomic E-state index is 13.1. The van der Waals surface area contributed by atoms with Crippen molar-refractivity contribution in [3.63, 3.8) is 0 Å².